The number of hydrogen-bond acceptors (Lipinski definition) is 3. The van der Waals surface area contributed by atoms with Crippen molar-refractivity contribution in [3.05, 3.63) is 0 Å². The van der Waals surface area contributed by atoms with Crippen molar-refractivity contribution in [3.8, 4) is 0 Å². The van der Waals surface area contributed by atoms with Crippen LogP contribution in [0.25, 0.3) is 0 Å². The molecule has 1 heterocycles. The summed E-state index contributed by atoms with van der Waals surface area (Å²) in [5.41, 5.74) is 0. The monoisotopic (exact) mass is 243 g/mol. The largest absolute Gasteiger partial charge is 0.481 e. The Bertz CT molecular complexity index is 296. The minimum absolute atomic E-state index is 0.160. The van der Waals surface area contributed by atoms with E-state index in [2.05, 4.69) is 15.5 Å². The molecule has 2 amide bonds. The molecular formula is C11H21N3O3. The lowest BCUT2D eigenvalue weighted by Gasteiger charge is -2.20. The minimum atomic E-state index is -0.904. The van der Waals surface area contributed by atoms with Gasteiger partial charge < -0.3 is 20.6 Å². The molecule has 1 saturated heterocycles. The van der Waals surface area contributed by atoms with E-state index in [1.807, 2.05) is 7.05 Å². The second-order valence-corrected chi connectivity index (χ2v) is 4.78. The Morgan fingerprint density at radius 1 is 1.41 bits per heavy atom. The van der Waals surface area contributed by atoms with Crippen LogP contribution in [0.5, 0.6) is 0 Å². The molecule has 6 nitrogen and oxygen atoms in total. The van der Waals surface area contributed by atoms with Crippen molar-refractivity contribution in [2.75, 3.05) is 20.1 Å². The van der Waals surface area contributed by atoms with Crippen molar-refractivity contribution in [1.29, 1.82) is 0 Å². The van der Waals surface area contributed by atoms with Crippen molar-refractivity contribution in [2.45, 2.75) is 32.4 Å². The minimum Gasteiger partial charge on any atom is -0.481 e. The molecule has 0 saturated carbocycles. The molecule has 0 aromatic carbocycles. The maximum atomic E-state index is 11.6. The molecule has 17 heavy (non-hydrogen) atoms. The highest BCUT2D eigenvalue weighted by atomic mass is 16.4. The van der Waals surface area contributed by atoms with E-state index in [1.165, 1.54) is 0 Å². The highest BCUT2D eigenvalue weighted by Gasteiger charge is 2.24. The van der Waals surface area contributed by atoms with Crippen molar-refractivity contribution in [2.24, 2.45) is 5.92 Å². The van der Waals surface area contributed by atoms with E-state index in [1.54, 1.807) is 13.8 Å². The zero-order chi connectivity index (χ0) is 13.0. The maximum absolute atomic E-state index is 11.6. The van der Waals surface area contributed by atoms with Gasteiger partial charge in [-0.2, -0.15) is 0 Å². The predicted molar refractivity (Wildman–Crippen MR) is 63.8 cm³/mol. The molecule has 0 bridgehead atoms. The van der Waals surface area contributed by atoms with Crippen molar-refractivity contribution >= 4 is 12.0 Å². The van der Waals surface area contributed by atoms with Gasteiger partial charge in [-0.05, 0) is 33.9 Å². The molecule has 3 N–H and O–H groups in total. The van der Waals surface area contributed by atoms with Crippen LogP contribution in [-0.4, -0.2) is 54.2 Å². The number of carboxylic acids is 1. The average Bonchev–Trinajstić information content (AvgIpc) is 2.62. The average molecular weight is 243 g/mol. The van der Waals surface area contributed by atoms with E-state index in [9.17, 15) is 9.59 Å². The quantitative estimate of drug-likeness (QED) is 0.654. The second kappa shape index (κ2) is 5.86. The molecule has 1 aliphatic rings. The first-order valence-corrected chi connectivity index (χ1v) is 5.88. The van der Waals surface area contributed by atoms with Gasteiger partial charge in [-0.1, -0.05) is 0 Å². The molecule has 1 aliphatic heterocycles. The van der Waals surface area contributed by atoms with Gasteiger partial charge in [0.15, 0.2) is 0 Å². The third kappa shape index (κ3) is 4.22. The first kappa shape index (κ1) is 13.8. The van der Waals surface area contributed by atoms with Crippen molar-refractivity contribution in [3.63, 3.8) is 0 Å². The van der Waals surface area contributed by atoms with Gasteiger partial charge in [0, 0.05) is 18.6 Å². The summed E-state index contributed by atoms with van der Waals surface area (Å²) in [5, 5.41) is 14.3. The summed E-state index contributed by atoms with van der Waals surface area (Å²) in [6, 6.07) is -0.509. The van der Waals surface area contributed by atoms with Gasteiger partial charge in [0.2, 0.25) is 0 Å². The third-order valence-electron chi connectivity index (χ3n) is 3.22. The van der Waals surface area contributed by atoms with Crippen LogP contribution in [0.3, 0.4) is 0 Å². The highest BCUT2D eigenvalue weighted by molar-refractivity contribution is 5.76. The Balaban J connectivity index is 2.31. The maximum Gasteiger partial charge on any atom is 0.315 e. The number of carbonyl (C=O) groups is 2. The number of nitrogens with zero attached hydrogens (tertiary/aromatic N) is 1. The highest BCUT2D eigenvalue weighted by Crippen LogP contribution is 2.06. The summed E-state index contributed by atoms with van der Waals surface area (Å²) < 4.78 is 0. The zero-order valence-corrected chi connectivity index (χ0v) is 10.6. The molecular weight excluding hydrogens is 222 g/mol. The zero-order valence-electron chi connectivity index (χ0n) is 10.6. The number of amides is 2. The van der Waals surface area contributed by atoms with Gasteiger partial charge in [-0.25, -0.2) is 4.79 Å². The number of nitrogens with one attached hydrogen (secondary N) is 2. The second-order valence-electron chi connectivity index (χ2n) is 4.78. The lowest BCUT2D eigenvalue weighted by molar-refractivity contribution is -0.141. The number of likely N-dealkylation sites (N-methyl/N-ethyl adjacent to an activating group) is 1. The molecule has 1 fully saturated rings. The first-order valence-electron chi connectivity index (χ1n) is 5.88. The molecule has 3 atom stereocenters. The molecule has 0 aliphatic carbocycles. The van der Waals surface area contributed by atoms with Crippen LogP contribution in [-0.2, 0) is 4.79 Å². The van der Waals surface area contributed by atoms with Crippen LogP contribution in [0.4, 0.5) is 4.79 Å². The Hall–Kier alpha value is -1.30. The lowest BCUT2D eigenvalue weighted by atomic mass is 10.0. The van der Waals surface area contributed by atoms with Gasteiger partial charge in [0.25, 0.3) is 0 Å². The molecule has 98 valence electrons. The summed E-state index contributed by atoms with van der Waals surface area (Å²) in [5.74, 6) is -1.49. The van der Waals surface area contributed by atoms with E-state index in [0.29, 0.717) is 0 Å². The van der Waals surface area contributed by atoms with Gasteiger partial charge in [0.1, 0.15) is 0 Å². The van der Waals surface area contributed by atoms with E-state index in [4.69, 9.17) is 5.11 Å². The van der Waals surface area contributed by atoms with E-state index >= 15 is 0 Å². The molecule has 6 heteroatoms. The summed E-state index contributed by atoms with van der Waals surface area (Å²) in [6.07, 6.45) is 0.937. The van der Waals surface area contributed by atoms with Crippen LogP contribution in [0.1, 0.15) is 20.3 Å². The van der Waals surface area contributed by atoms with Crippen LogP contribution < -0.4 is 10.6 Å². The van der Waals surface area contributed by atoms with E-state index in [0.717, 1.165) is 19.5 Å². The number of carboxylic acid groups (broad SMARTS) is 1. The third-order valence-corrected chi connectivity index (χ3v) is 3.22. The van der Waals surface area contributed by atoms with E-state index in [-0.39, 0.29) is 18.1 Å². The number of hydrogen-bond donors (Lipinski definition) is 3. The molecule has 0 aromatic rings. The molecule has 0 aromatic heterocycles. The van der Waals surface area contributed by atoms with Gasteiger partial charge in [0.05, 0.1) is 5.92 Å². The summed E-state index contributed by atoms with van der Waals surface area (Å²) >= 11 is 0. The fourth-order valence-corrected chi connectivity index (χ4v) is 1.83. The molecule has 1 rings (SSSR count). The summed E-state index contributed by atoms with van der Waals surface area (Å²) in [4.78, 5) is 24.5. The number of carbonyl (C=O) groups excluding carboxylic acids is 1. The van der Waals surface area contributed by atoms with Crippen LogP contribution in [0, 0.1) is 5.92 Å². The van der Waals surface area contributed by atoms with Crippen molar-refractivity contribution < 1.29 is 14.7 Å². The lowest BCUT2D eigenvalue weighted by Crippen LogP contribution is -2.48. The topological polar surface area (TPSA) is 81.7 Å². The fourth-order valence-electron chi connectivity index (χ4n) is 1.83. The molecule has 0 radical (unpaired) electrons. The molecule has 3 unspecified atom stereocenters. The van der Waals surface area contributed by atoms with Gasteiger partial charge in [-0.15, -0.1) is 0 Å². The smallest absolute Gasteiger partial charge is 0.315 e. The van der Waals surface area contributed by atoms with E-state index < -0.39 is 11.9 Å². The SMILES string of the molecule is CC(NC(=O)NC1CCN(C)C1)C(C)C(=O)O. The standard InChI is InChI=1S/C11H21N3O3/c1-7(10(15)16)8(2)12-11(17)13-9-4-5-14(3)6-9/h7-9H,4-6H2,1-3H3,(H,15,16)(H2,12,13,17). The van der Waals surface area contributed by atoms with Crippen LogP contribution in [0.2, 0.25) is 0 Å². The summed E-state index contributed by atoms with van der Waals surface area (Å²) in [6.45, 7) is 5.10. The van der Waals surface area contributed by atoms with Crippen molar-refractivity contribution in [1.82, 2.24) is 15.5 Å². The Labute approximate surface area is 101 Å². The normalized spacial score (nSPS) is 24.1. The van der Waals surface area contributed by atoms with Crippen LogP contribution in [0.15, 0.2) is 0 Å². The number of urea groups is 1. The number of likely N-dealkylation sites (tertiary alicyclic amines) is 1. The predicted octanol–water partition coefficient (Wildman–Crippen LogP) is 0.0989. The van der Waals surface area contributed by atoms with Gasteiger partial charge >= 0.3 is 12.0 Å². The Morgan fingerprint density at radius 2 is 2.06 bits per heavy atom. The number of aliphatic carboxylic acids is 1. The fraction of sp³-hybridized carbons (Fsp3) is 0.818. The number of rotatable bonds is 4. The Kier molecular flexibility index (Phi) is 4.74. The van der Waals surface area contributed by atoms with Gasteiger partial charge in [-0.3, -0.25) is 4.79 Å². The summed E-state index contributed by atoms with van der Waals surface area (Å²) in [7, 11) is 2.01. The first-order chi connectivity index (χ1) is 7.90. The molecule has 0 spiro atoms. The van der Waals surface area contributed by atoms with Crippen LogP contribution >= 0.6 is 0 Å². The Morgan fingerprint density at radius 3 is 2.53 bits per heavy atom.